The Balaban J connectivity index is 1.71. The monoisotopic (exact) mass is 381 g/mol. The highest BCUT2D eigenvalue weighted by Crippen LogP contribution is 2.30. The number of rotatable bonds is 3. The molecule has 0 atom stereocenters. The molecular formula is C19H12ClN3O4. The van der Waals surface area contributed by atoms with E-state index in [0.717, 1.165) is 27.4 Å². The largest absolute Gasteiger partial charge is 0.270 e. The standard InChI is InChI=1S/C19H12ClN3O4/c1-10-2-3-11-7-12(17(20)21-16(11)6-10)9-22-18(24)14-5-4-13(23(26)27)8-15(14)19(22)25/h2-8H,9H2,1H3. The van der Waals surface area contributed by atoms with Gasteiger partial charge in [-0.2, -0.15) is 0 Å². The second-order valence-corrected chi connectivity index (χ2v) is 6.68. The first-order chi connectivity index (χ1) is 12.8. The molecule has 8 heteroatoms. The number of aromatic nitrogens is 1. The summed E-state index contributed by atoms with van der Waals surface area (Å²) in [5.41, 5.74) is 2.22. The molecule has 0 N–H and O–H groups in total. The maximum atomic E-state index is 12.6. The van der Waals surface area contributed by atoms with Gasteiger partial charge in [-0.15, -0.1) is 0 Å². The van der Waals surface area contributed by atoms with Crippen LogP contribution in [-0.4, -0.2) is 26.6 Å². The first-order valence-corrected chi connectivity index (χ1v) is 8.43. The fourth-order valence-electron chi connectivity index (χ4n) is 3.11. The van der Waals surface area contributed by atoms with E-state index >= 15 is 0 Å². The number of hydrogen-bond donors (Lipinski definition) is 0. The van der Waals surface area contributed by atoms with Gasteiger partial charge in [0.15, 0.2) is 0 Å². The Morgan fingerprint density at radius 2 is 1.81 bits per heavy atom. The Morgan fingerprint density at radius 3 is 2.56 bits per heavy atom. The highest BCUT2D eigenvalue weighted by Gasteiger charge is 2.37. The smallest absolute Gasteiger partial charge is 0.270 e. The van der Waals surface area contributed by atoms with E-state index in [9.17, 15) is 19.7 Å². The number of aryl methyl sites for hydroxylation is 1. The van der Waals surface area contributed by atoms with Crippen LogP contribution in [0.3, 0.4) is 0 Å². The number of amides is 2. The van der Waals surface area contributed by atoms with Crippen LogP contribution in [0.2, 0.25) is 5.15 Å². The van der Waals surface area contributed by atoms with Crippen molar-refractivity contribution in [3.8, 4) is 0 Å². The number of pyridine rings is 1. The molecule has 0 spiro atoms. The fraction of sp³-hybridized carbons (Fsp3) is 0.105. The van der Waals surface area contributed by atoms with Crippen molar-refractivity contribution >= 4 is 40.0 Å². The minimum Gasteiger partial charge on any atom is -0.270 e. The van der Waals surface area contributed by atoms with E-state index in [0.29, 0.717) is 5.56 Å². The fourth-order valence-corrected chi connectivity index (χ4v) is 3.32. The van der Waals surface area contributed by atoms with E-state index in [1.54, 1.807) is 6.07 Å². The van der Waals surface area contributed by atoms with E-state index in [1.807, 2.05) is 25.1 Å². The van der Waals surface area contributed by atoms with Crippen LogP contribution in [0.25, 0.3) is 10.9 Å². The molecule has 2 amide bonds. The first-order valence-electron chi connectivity index (χ1n) is 8.05. The summed E-state index contributed by atoms with van der Waals surface area (Å²) in [4.78, 5) is 40.9. The molecule has 0 bridgehead atoms. The number of nitro groups is 1. The molecule has 1 aliphatic rings. The zero-order valence-electron chi connectivity index (χ0n) is 14.1. The van der Waals surface area contributed by atoms with Gasteiger partial charge in [-0.1, -0.05) is 23.7 Å². The molecule has 0 saturated carbocycles. The normalized spacial score (nSPS) is 13.3. The highest BCUT2D eigenvalue weighted by atomic mass is 35.5. The van der Waals surface area contributed by atoms with Gasteiger partial charge in [0.05, 0.1) is 28.1 Å². The molecule has 134 valence electrons. The molecule has 0 saturated heterocycles. The Labute approximate surface area is 158 Å². The number of halogens is 1. The van der Waals surface area contributed by atoms with Crippen molar-refractivity contribution in [1.29, 1.82) is 0 Å². The van der Waals surface area contributed by atoms with Gasteiger partial charge in [-0.3, -0.25) is 24.6 Å². The van der Waals surface area contributed by atoms with Crippen molar-refractivity contribution in [2.75, 3.05) is 0 Å². The molecule has 0 aliphatic carbocycles. The summed E-state index contributed by atoms with van der Waals surface area (Å²) in [6, 6.07) is 11.1. The summed E-state index contributed by atoms with van der Waals surface area (Å²) >= 11 is 6.26. The van der Waals surface area contributed by atoms with Crippen molar-refractivity contribution in [3.63, 3.8) is 0 Å². The maximum absolute atomic E-state index is 12.6. The van der Waals surface area contributed by atoms with Crippen molar-refractivity contribution in [3.05, 3.63) is 80.0 Å². The van der Waals surface area contributed by atoms with Crippen molar-refractivity contribution in [1.82, 2.24) is 9.88 Å². The summed E-state index contributed by atoms with van der Waals surface area (Å²) in [5, 5.41) is 12.0. The van der Waals surface area contributed by atoms with Gasteiger partial charge in [0.25, 0.3) is 17.5 Å². The summed E-state index contributed by atoms with van der Waals surface area (Å²) < 4.78 is 0. The summed E-state index contributed by atoms with van der Waals surface area (Å²) in [7, 11) is 0. The number of nitrogens with zero attached hydrogens (tertiary/aromatic N) is 3. The SMILES string of the molecule is Cc1ccc2cc(CN3C(=O)c4ccc([N+](=O)[O-])cc4C3=O)c(Cl)nc2c1. The van der Waals surface area contributed by atoms with Crippen molar-refractivity contribution < 1.29 is 14.5 Å². The third-order valence-electron chi connectivity index (χ3n) is 4.49. The van der Waals surface area contributed by atoms with Crippen LogP contribution in [0, 0.1) is 17.0 Å². The van der Waals surface area contributed by atoms with Crippen LogP contribution < -0.4 is 0 Å². The highest BCUT2D eigenvalue weighted by molar-refractivity contribution is 6.30. The minimum atomic E-state index is -0.604. The Hall–Kier alpha value is -3.32. The zero-order valence-corrected chi connectivity index (χ0v) is 14.9. The van der Waals surface area contributed by atoms with Gasteiger partial charge in [-0.25, -0.2) is 4.98 Å². The lowest BCUT2D eigenvalue weighted by Gasteiger charge is -2.15. The second-order valence-electron chi connectivity index (χ2n) is 6.32. The molecule has 2 heterocycles. The van der Waals surface area contributed by atoms with Gasteiger partial charge >= 0.3 is 0 Å². The van der Waals surface area contributed by atoms with Gasteiger partial charge in [0.1, 0.15) is 5.15 Å². The molecule has 3 aromatic rings. The molecule has 0 unspecified atom stereocenters. The van der Waals surface area contributed by atoms with E-state index in [1.165, 1.54) is 12.1 Å². The molecular weight excluding hydrogens is 370 g/mol. The Bertz CT molecular complexity index is 1160. The maximum Gasteiger partial charge on any atom is 0.270 e. The predicted octanol–water partition coefficient (Wildman–Crippen LogP) is 3.90. The molecule has 27 heavy (non-hydrogen) atoms. The van der Waals surface area contributed by atoms with E-state index < -0.39 is 16.7 Å². The second kappa shape index (κ2) is 6.14. The van der Waals surface area contributed by atoms with Gasteiger partial charge in [-0.05, 0) is 30.7 Å². The van der Waals surface area contributed by atoms with Crippen molar-refractivity contribution in [2.45, 2.75) is 13.5 Å². The molecule has 2 aromatic carbocycles. The number of carbonyl (C=O) groups is 2. The van der Waals surface area contributed by atoms with E-state index in [-0.39, 0.29) is 28.5 Å². The van der Waals surface area contributed by atoms with Crippen LogP contribution in [0.5, 0.6) is 0 Å². The molecule has 1 aliphatic heterocycles. The van der Waals surface area contributed by atoms with E-state index in [4.69, 9.17) is 11.6 Å². The number of hydrogen-bond acceptors (Lipinski definition) is 5. The molecule has 0 fully saturated rings. The van der Waals surface area contributed by atoms with Gasteiger partial charge in [0, 0.05) is 23.1 Å². The molecule has 1 aromatic heterocycles. The first kappa shape index (κ1) is 17.1. The summed E-state index contributed by atoms with van der Waals surface area (Å²) in [6.45, 7) is 1.89. The lowest BCUT2D eigenvalue weighted by Crippen LogP contribution is -2.29. The molecule has 0 radical (unpaired) electrons. The summed E-state index contributed by atoms with van der Waals surface area (Å²) in [5.74, 6) is -1.09. The molecule has 4 rings (SSSR count). The number of carbonyl (C=O) groups excluding carboxylic acids is 2. The Morgan fingerprint density at radius 1 is 1.07 bits per heavy atom. The average Bonchev–Trinajstić information content (AvgIpc) is 2.87. The van der Waals surface area contributed by atoms with Crippen LogP contribution in [-0.2, 0) is 6.54 Å². The Kier molecular flexibility index (Phi) is 3.89. The number of fused-ring (bicyclic) bond motifs is 2. The number of nitro benzene ring substituents is 1. The molecule has 7 nitrogen and oxygen atoms in total. The van der Waals surface area contributed by atoms with Crippen molar-refractivity contribution in [2.24, 2.45) is 0 Å². The average molecular weight is 382 g/mol. The lowest BCUT2D eigenvalue weighted by molar-refractivity contribution is -0.384. The van der Waals surface area contributed by atoms with Crippen LogP contribution in [0.15, 0.2) is 42.5 Å². The minimum absolute atomic E-state index is 0.0229. The number of benzene rings is 2. The predicted molar refractivity (Wildman–Crippen MR) is 98.8 cm³/mol. The van der Waals surface area contributed by atoms with E-state index in [2.05, 4.69) is 4.98 Å². The third kappa shape index (κ3) is 2.82. The number of imide groups is 1. The quantitative estimate of drug-likeness (QED) is 0.297. The third-order valence-corrected chi connectivity index (χ3v) is 4.82. The number of non-ortho nitro benzene ring substituents is 1. The van der Waals surface area contributed by atoms with Gasteiger partial charge in [0.2, 0.25) is 0 Å². The zero-order chi connectivity index (χ0) is 19.3. The van der Waals surface area contributed by atoms with Gasteiger partial charge < -0.3 is 0 Å². The summed E-state index contributed by atoms with van der Waals surface area (Å²) in [6.07, 6.45) is 0. The lowest BCUT2D eigenvalue weighted by atomic mass is 10.1. The van der Waals surface area contributed by atoms with Crippen LogP contribution in [0.1, 0.15) is 31.8 Å². The topological polar surface area (TPSA) is 93.4 Å². The van der Waals surface area contributed by atoms with Crippen LogP contribution in [0.4, 0.5) is 5.69 Å². The van der Waals surface area contributed by atoms with Crippen LogP contribution >= 0.6 is 11.6 Å².